The predicted molar refractivity (Wildman–Crippen MR) is 75.8 cm³/mol. The van der Waals surface area contributed by atoms with Crippen LogP contribution in [0.25, 0.3) is 0 Å². The van der Waals surface area contributed by atoms with Crippen LogP contribution in [-0.2, 0) is 0 Å². The Bertz CT molecular complexity index is 576. The monoisotopic (exact) mass is 304 g/mol. The minimum atomic E-state index is -0.146. The molecule has 0 bridgehead atoms. The van der Waals surface area contributed by atoms with Crippen molar-refractivity contribution < 1.29 is 4.79 Å². The van der Waals surface area contributed by atoms with Crippen molar-refractivity contribution in [2.24, 2.45) is 0 Å². The van der Waals surface area contributed by atoms with E-state index in [1.165, 1.54) is 0 Å². The van der Waals surface area contributed by atoms with Crippen molar-refractivity contribution in [2.75, 3.05) is 5.32 Å². The largest absolute Gasteiger partial charge is 0.307 e. The van der Waals surface area contributed by atoms with Crippen molar-refractivity contribution >= 4 is 27.7 Å². The standard InChI is InChI=1S/C14H13BrN2O/c1-9-5-10(2)7-11(6-9)14(18)17-13-8-12(15)3-4-16-13/h3-8H,1-2H3,(H,16,17,18). The number of carbonyl (C=O) groups excluding carboxylic acids is 1. The number of anilines is 1. The number of rotatable bonds is 2. The molecule has 0 saturated carbocycles. The van der Waals surface area contributed by atoms with Gasteiger partial charge in [0.25, 0.3) is 5.91 Å². The number of amides is 1. The molecule has 0 fully saturated rings. The van der Waals surface area contributed by atoms with Crippen LogP contribution < -0.4 is 5.32 Å². The van der Waals surface area contributed by atoms with Gasteiger partial charge in [-0.05, 0) is 38.1 Å². The van der Waals surface area contributed by atoms with E-state index >= 15 is 0 Å². The number of hydrogen-bond donors (Lipinski definition) is 1. The summed E-state index contributed by atoms with van der Waals surface area (Å²) in [4.78, 5) is 16.2. The maximum Gasteiger partial charge on any atom is 0.256 e. The Kier molecular flexibility index (Phi) is 3.77. The predicted octanol–water partition coefficient (Wildman–Crippen LogP) is 3.71. The van der Waals surface area contributed by atoms with Gasteiger partial charge in [-0.15, -0.1) is 0 Å². The summed E-state index contributed by atoms with van der Waals surface area (Å²) in [7, 11) is 0. The lowest BCUT2D eigenvalue weighted by Crippen LogP contribution is -2.13. The Morgan fingerprint density at radius 1 is 1.17 bits per heavy atom. The van der Waals surface area contributed by atoms with E-state index in [0.29, 0.717) is 11.4 Å². The minimum absolute atomic E-state index is 0.146. The van der Waals surface area contributed by atoms with Crippen LogP contribution in [0.15, 0.2) is 41.0 Å². The number of halogens is 1. The molecule has 0 saturated heterocycles. The van der Waals surface area contributed by atoms with Gasteiger partial charge in [-0.1, -0.05) is 33.1 Å². The van der Waals surface area contributed by atoms with E-state index in [-0.39, 0.29) is 5.91 Å². The summed E-state index contributed by atoms with van der Waals surface area (Å²) in [5, 5.41) is 2.77. The highest BCUT2D eigenvalue weighted by Gasteiger charge is 2.07. The lowest BCUT2D eigenvalue weighted by Gasteiger charge is -2.06. The van der Waals surface area contributed by atoms with Crippen LogP contribution in [0.1, 0.15) is 21.5 Å². The van der Waals surface area contributed by atoms with Gasteiger partial charge in [0, 0.05) is 16.2 Å². The molecule has 0 aliphatic heterocycles. The molecule has 1 aromatic carbocycles. The van der Waals surface area contributed by atoms with Crippen LogP contribution in [-0.4, -0.2) is 10.9 Å². The number of aryl methyl sites for hydroxylation is 2. The van der Waals surface area contributed by atoms with Crippen LogP contribution in [0.5, 0.6) is 0 Å². The molecule has 1 heterocycles. The van der Waals surface area contributed by atoms with Crippen molar-refractivity contribution in [3.8, 4) is 0 Å². The Balaban J connectivity index is 2.22. The van der Waals surface area contributed by atoms with Crippen LogP contribution in [0.2, 0.25) is 0 Å². The number of hydrogen-bond acceptors (Lipinski definition) is 2. The van der Waals surface area contributed by atoms with Gasteiger partial charge in [0.15, 0.2) is 0 Å². The lowest BCUT2D eigenvalue weighted by atomic mass is 10.1. The maximum absolute atomic E-state index is 12.1. The highest BCUT2D eigenvalue weighted by atomic mass is 79.9. The van der Waals surface area contributed by atoms with Gasteiger partial charge in [0.2, 0.25) is 0 Å². The Hall–Kier alpha value is -1.68. The van der Waals surface area contributed by atoms with Crippen LogP contribution in [0.4, 0.5) is 5.82 Å². The van der Waals surface area contributed by atoms with Crippen molar-refractivity contribution in [1.82, 2.24) is 4.98 Å². The summed E-state index contributed by atoms with van der Waals surface area (Å²) in [5.41, 5.74) is 2.79. The van der Waals surface area contributed by atoms with Crippen molar-refractivity contribution in [3.63, 3.8) is 0 Å². The first-order chi connectivity index (χ1) is 8.54. The molecule has 92 valence electrons. The second-order valence-corrected chi connectivity index (χ2v) is 5.11. The molecule has 3 nitrogen and oxygen atoms in total. The maximum atomic E-state index is 12.1. The molecule has 4 heteroatoms. The van der Waals surface area contributed by atoms with E-state index < -0.39 is 0 Å². The normalized spacial score (nSPS) is 10.2. The molecule has 2 aromatic rings. The summed E-state index contributed by atoms with van der Waals surface area (Å²) in [5.74, 6) is 0.390. The summed E-state index contributed by atoms with van der Waals surface area (Å²) in [6.07, 6.45) is 1.64. The van der Waals surface area contributed by atoms with E-state index in [0.717, 1.165) is 15.6 Å². The molecule has 1 aromatic heterocycles. The number of benzene rings is 1. The highest BCUT2D eigenvalue weighted by molar-refractivity contribution is 9.10. The SMILES string of the molecule is Cc1cc(C)cc(C(=O)Nc2cc(Br)ccn2)c1. The topological polar surface area (TPSA) is 42.0 Å². The summed E-state index contributed by atoms with van der Waals surface area (Å²) in [6.45, 7) is 3.95. The molecular formula is C14H13BrN2O. The quantitative estimate of drug-likeness (QED) is 0.919. The van der Waals surface area contributed by atoms with Crippen molar-refractivity contribution in [3.05, 3.63) is 57.7 Å². The molecule has 1 N–H and O–H groups in total. The average molecular weight is 305 g/mol. The summed E-state index contributed by atoms with van der Waals surface area (Å²) < 4.78 is 0.883. The van der Waals surface area contributed by atoms with Crippen LogP contribution >= 0.6 is 15.9 Å². The second kappa shape index (κ2) is 5.31. The first kappa shape index (κ1) is 12.8. The fourth-order valence-electron chi connectivity index (χ4n) is 1.77. The van der Waals surface area contributed by atoms with Gasteiger partial charge in [0.1, 0.15) is 5.82 Å². The zero-order valence-corrected chi connectivity index (χ0v) is 11.8. The third-order valence-electron chi connectivity index (χ3n) is 2.45. The third kappa shape index (κ3) is 3.17. The van der Waals surface area contributed by atoms with Crippen LogP contribution in [0.3, 0.4) is 0 Å². The summed E-state index contributed by atoms with van der Waals surface area (Å²) >= 11 is 3.34. The first-order valence-electron chi connectivity index (χ1n) is 5.56. The van der Waals surface area contributed by atoms with Crippen LogP contribution in [0, 0.1) is 13.8 Å². The Labute approximate surface area is 114 Å². The van der Waals surface area contributed by atoms with Gasteiger partial charge in [-0.2, -0.15) is 0 Å². The smallest absolute Gasteiger partial charge is 0.256 e. The molecule has 0 atom stereocenters. The number of nitrogens with zero attached hydrogens (tertiary/aromatic N) is 1. The Morgan fingerprint density at radius 2 is 1.83 bits per heavy atom. The van der Waals surface area contributed by atoms with Crippen molar-refractivity contribution in [2.45, 2.75) is 13.8 Å². The van der Waals surface area contributed by atoms with E-state index in [1.807, 2.05) is 38.1 Å². The second-order valence-electron chi connectivity index (χ2n) is 4.19. The van der Waals surface area contributed by atoms with Gasteiger partial charge < -0.3 is 5.32 Å². The number of aromatic nitrogens is 1. The van der Waals surface area contributed by atoms with Gasteiger partial charge in [-0.25, -0.2) is 4.98 Å². The zero-order chi connectivity index (χ0) is 13.1. The van der Waals surface area contributed by atoms with Crippen molar-refractivity contribution in [1.29, 1.82) is 0 Å². The van der Waals surface area contributed by atoms with E-state index in [9.17, 15) is 4.79 Å². The van der Waals surface area contributed by atoms with Gasteiger partial charge in [0.05, 0.1) is 0 Å². The molecule has 18 heavy (non-hydrogen) atoms. The average Bonchev–Trinajstić information content (AvgIpc) is 2.27. The molecule has 2 rings (SSSR count). The number of nitrogens with one attached hydrogen (secondary N) is 1. The van der Waals surface area contributed by atoms with E-state index in [1.54, 1.807) is 12.3 Å². The van der Waals surface area contributed by atoms with E-state index in [4.69, 9.17) is 0 Å². The molecular weight excluding hydrogens is 292 g/mol. The molecule has 0 radical (unpaired) electrons. The number of carbonyl (C=O) groups is 1. The van der Waals surface area contributed by atoms with Gasteiger partial charge >= 0.3 is 0 Å². The van der Waals surface area contributed by atoms with E-state index in [2.05, 4.69) is 26.2 Å². The third-order valence-corrected chi connectivity index (χ3v) is 2.94. The number of pyridine rings is 1. The van der Waals surface area contributed by atoms with Gasteiger partial charge in [-0.3, -0.25) is 4.79 Å². The Morgan fingerprint density at radius 3 is 2.44 bits per heavy atom. The lowest BCUT2D eigenvalue weighted by molar-refractivity contribution is 0.102. The fourth-order valence-corrected chi connectivity index (χ4v) is 2.10. The first-order valence-corrected chi connectivity index (χ1v) is 6.35. The molecule has 0 aliphatic rings. The zero-order valence-electron chi connectivity index (χ0n) is 10.2. The summed E-state index contributed by atoms with van der Waals surface area (Å²) in [6, 6.07) is 9.34. The molecule has 0 aliphatic carbocycles. The molecule has 0 spiro atoms. The molecule has 1 amide bonds. The fraction of sp³-hybridized carbons (Fsp3) is 0.143. The highest BCUT2D eigenvalue weighted by Crippen LogP contribution is 2.15. The molecule has 0 unspecified atom stereocenters. The minimum Gasteiger partial charge on any atom is -0.307 e.